The van der Waals surface area contributed by atoms with Crippen molar-refractivity contribution >= 4 is 15.9 Å². The molecule has 0 radical (unpaired) electrons. The number of aliphatic hydroxyl groups excluding tert-OH is 1. The van der Waals surface area contributed by atoms with Gasteiger partial charge in [0.1, 0.15) is 12.4 Å². The zero-order valence-electron chi connectivity index (χ0n) is 10.9. The molecule has 0 spiro atoms. The summed E-state index contributed by atoms with van der Waals surface area (Å²) in [7, 11) is 0. The minimum atomic E-state index is 0.0509. The van der Waals surface area contributed by atoms with Crippen LogP contribution in [0.3, 0.4) is 0 Å². The first-order valence-corrected chi connectivity index (χ1v) is 7.42. The van der Waals surface area contributed by atoms with E-state index in [4.69, 9.17) is 14.6 Å². The largest absolute Gasteiger partial charge is 0.491 e. The maximum Gasteiger partial charge on any atom is 0.119 e. The first-order valence-electron chi connectivity index (χ1n) is 6.63. The van der Waals surface area contributed by atoms with Crippen LogP contribution in [0.15, 0.2) is 22.7 Å². The average molecular weight is 330 g/mol. The van der Waals surface area contributed by atoms with Gasteiger partial charge in [-0.15, -0.1) is 0 Å². The van der Waals surface area contributed by atoms with Gasteiger partial charge in [-0.25, -0.2) is 0 Å². The van der Waals surface area contributed by atoms with Gasteiger partial charge in [-0.1, -0.05) is 15.9 Å². The van der Waals surface area contributed by atoms with E-state index in [2.05, 4.69) is 21.2 Å². The Hall–Kier alpha value is -0.620. The van der Waals surface area contributed by atoms with Crippen LogP contribution < -0.4 is 10.1 Å². The molecule has 0 amide bonds. The van der Waals surface area contributed by atoms with E-state index in [0.717, 1.165) is 16.8 Å². The highest BCUT2D eigenvalue weighted by Crippen LogP contribution is 2.25. The van der Waals surface area contributed by atoms with Gasteiger partial charge in [0.25, 0.3) is 0 Å². The Morgan fingerprint density at radius 1 is 1.26 bits per heavy atom. The van der Waals surface area contributed by atoms with Gasteiger partial charge in [0.15, 0.2) is 0 Å². The Morgan fingerprint density at radius 3 is 2.84 bits per heavy atom. The first-order chi connectivity index (χ1) is 9.29. The fourth-order valence-electron chi connectivity index (χ4n) is 1.70. The summed E-state index contributed by atoms with van der Waals surface area (Å²) < 4.78 is 11.9. The molecule has 1 aromatic carbocycles. The summed E-state index contributed by atoms with van der Waals surface area (Å²) in [6.07, 6.45) is 2.58. The highest BCUT2D eigenvalue weighted by atomic mass is 79.9. The van der Waals surface area contributed by atoms with Gasteiger partial charge < -0.3 is 19.9 Å². The van der Waals surface area contributed by atoms with Gasteiger partial charge in [-0.05, 0) is 36.6 Å². The highest BCUT2D eigenvalue weighted by molar-refractivity contribution is 9.10. The number of halogens is 1. The molecule has 0 bridgehead atoms. The molecule has 0 saturated heterocycles. The molecule has 2 rings (SSSR count). The molecule has 1 aromatic rings. The van der Waals surface area contributed by atoms with Crippen molar-refractivity contribution in [1.82, 2.24) is 5.32 Å². The van der Waals surface area contributed by atoms with Crippen LogP contribution in [0.1, 0.15) is 18.4 Å². The van der Waals surface area contributed by atoms with Gasteiger partial charge in [-0.3, -0.25) is 0 Å². The summed E-state index contributed by atoms with van der Waals surface area (Å²) in [5, 5.41) is 12.1. The fourth-order valence-corrected chi connectivity index (χ4v) is 2.09. The molecule has 106 valence electrons. The third-order valence-corrected chi connectivity index (χ3v) is 3.68. The van der Waals surface area contributed by atoms with Crippen LogP contribution in [-0.2, 0) is 11.3 Å². The normalized spacial score (nSPS) is 14.6. The van der Waals surface area contributed by atoms with Crippen molar-refractivity contribution in [2.24, 2.45) is 0 Å². The lowest BCUT2D eigenvalue weighted by Crippen LogP contribution is -2.15. The quantitative estimate of drug-likeness (QED) is 0.681. The van der Waals surface area contributed by atoms with Crippen LogP contribution in [0.2, 0.25) is 0 Å². The minimum absolute atomic E-state index is 0.0509. The molecule has 2 N–H and O–H groups in total. The molecule has 5 heteroatoms. The molecule has 1 fully saturated rings. The number of hydrogen-bond donors (Lipinski definition) is 2. The Labute approximate surface area is 122 Å². The first kappa shape index (κ1) is 14.8. The molecule has 1 aliphatic carbocycles. The van der Waals surface area contributed by atoms with Crippen LogP contribution in [-0.4, -0.2) is 37.6 Å². The molecule has 1 aliphatic rings. The summed E-state index contributed by atoms with van der Waals surface area (Å²) >= 11 is 3.56. The molecule has 1 saturated carbocycles. The lowest BCUT2D eigenvalue weighted by atomic mass is 10.2. The summed E-state index contributed by atoms with van der Waals surface area (Å²) in [5.41, 5.74) is 1.21. The number of ether oxygens (including phenoxy) is 2. The zero-order chi connectivity index (χ0) is 13.5. The Kier molecular flexibility index (Phi) is 6.10. The van der Waals surface area contributed by atoms with E-state index in [0.29, 0.717) is 25.9 Å². The van der Waals surface area contributed by atoms with Crippen molar-refractivity contribution in [2.75, 3.05) is 26.4 Å². The van der Waals surface area contributed by atoms with Crippen LogP contribution in [0.25, 0.3) is 0 Å². The van der Waals surface area contributed by atoms with Gasteiger partial charge in [0.2, 0.25) is 0 Å². The summed E-state index contributed by atoms with van der Waals surface area (Å²) in [6.45, 7) is 2.27. The Balaban J connectivity index is 1.77. The molecule has 0 aromatic heterocycles. The van der Waals surface area contributed by atoms with Gasteiger partial charge in [0, 0.05) is 17.1 Å². The van der Waals surface area contributed by atoms with Gasteiger partial charge >= 0.3 is 0 Å². The average Bonchev–Trinajstić information content (AvgIpc) is 3.23. The third-order valence-electron chi connectivity index (χ3n) is 2.91. The maximum atomic E-state index is 8.58. The summed E-state index contributed by atoms with van der Waals surface area (Å²) in [6, 6.07) is 6.69. The molecule has 0 heterocycles. The van der Waals surface area contributed by atoms with E-state index in [1.54, 1.807) is 0 Å². The van der Waals surface area contributed by atoms with Crippen LogP contribution >= 0.6 is 15.9 Å². The van der Waals surface area contributed by atoms with E-state index < -0.39 is 0 Å². The molecule has 0 aliphatic heterocycles. The van der Waals surface area contributed by atoms with Gasteiger partial charge in [0.05, 0.1) is 19.8 Å². The lowest BCUT2D eigenvalue weighted by molar-refractivity contribution is 0.0705. The molecule has 19 heavy (non-hydrogen) atoms. The fraction of sp³-hybridized carbons (Fsp3) is 0.571. The van der Waals surface area contributed by atoms with Crippen LogP contribution in [0.5, 0.6) is 5.75 Å². The number of benzene rings is 1. The molecule has 0 atom stereocenters. The Morgan fingerprint density at radius 2 is 2.11 bits per heavy atom. The molecular formula is C14H20BrNO3. The van der Waals surface area contributed by atoms with Crippen molar-refractivity contribution in [3.05, 3.63) is 28.2 Å². The predicted molar refractivity (Wildman–Crippen MR) is 77.4 cm³/mol. The smallest absolute Gasteiger partial charge is 0.119 e. The summed E-state index contributed by atoms with van der Waals surface area (Å²) in [5.74, 6) is 0.850. The highest BCUT2D eigenvalue weighted by Gasteiger charge is 2.20. The second-order valence-corrected chi connectivity index (χ2v) is 5.45. The van der Waals surface area contributed by atoms with Crippen molar-refractivity contribution in [3.63, 3.8) is 0 Å². The van der Waals surface area contributed by atoms with Gasteiger partial charge in [-0.2, -0.15) is 0 Å². The van der Waals surface area contributed by atoms with Crippen molar-refractivity contribution in [1.29, 1.82) is 0 Å². The number of hydrogen-bond acceptors (Lipinski definition) is 4. The second kappa shape index (κ2) is 7.85. The molecule has 4 nitrogen and oxygen atoms in total. The SMILES string of the molecule is OCCOCCOc1ccc(Br)c(CNC2CC2)c1. The van der Waals surface area contributed by atoms with Crippen molar-refractivity contribution in [3.8, 4) is 5.75 Å². The van der Waals surface area contributed by atoms with E-state index in [1.807, 2.05) is 18.2 Å². The van der Waals surface area contributed by atoms with Crippen LogP contribution in [0.4, 0.5) is 0 Å². The van der Waals surface area contributed by atoms with E-state index in [1.165, 1.54) is 18.4 Å². The topological polar surface area (TPSA) is 50.7 Å². The third kappa shape index (κ3) is 5.48. The van der Waals surface area contributed by atoms with Crippen molar-refractivity contribution < 1.29 is 14.6 Å². The standard InChI is InChI=1S/C14H20BrNO3/c15-14-4-3-13(19-8-7-18-6-5-17)9-11(14)10-16-12-1-2-12/h3-4,9,12,16-17H,1-2,5-8,10H2. The zero-order valence-corrected chi connectivity index (χ0v) is 12.5. The minimum Gasteiger partial charge on any atom is -0.491 e. The predicted octanol–water partition coefficient (Wildman–Crippen LogP) is 2.09. The van der Waals surface area contributed by atoms with E-state index in [-0.39, 0.29) is 6.61 Å². The monoisotopic (exact) mass is 329 g/mol. The summed E-state index contributed by atoms with van der Waals surface area (Å²) in [4.78, 5) is 0. The molecule has 0 unspecified atom stereocenters. The molecular weight excluding hydrogens is 310 g/mol. The second-order valence-electron chi connectivity index (χ2n) is 4.59. The maximum absolute atomic E-state index is 8.58. The van der Waals surface area contributed by atoms with Crippen LogP contribution in [0, 0.1) is 0 Å². The number of nitrogens with one attached hydrogen (secondary N) is 1. The van der Waals surface area contributed by atoms with E-state index in [9.17, 15) is 0 Å². The lowest BCUT2D eigenvalue weighted by Gasteiger charge is -2.10. The van der Waals surface area contributed by atoms with E-state index >= 15 is 0 Å². The number of aliphatic hydroxyl groups is 1. The Bertz CT molecular complexity index is 396. The van der Waals surface area contributed by atoms with Crippen molar-refractivity contribution in [2.45, 2.75) is 25.4 Å². The number of rotatable bonds is 9.